The summed E-state index contributed by atoms with van der Waals surface area (Å²) < 4.78 is 27.7. The van der Waals surface area contributed by atoms with Crippen molar-refractivity contribution < 1.29 is 8.42 Å². The second kappa shape index (κ2) is 6.67. The third-order valence-electron chi connectivity index (χ3n) is 2.98. The predicted molar refractivity (Wildman–Crippen MR) is 81.9 cm³/mol. The Hall–Kier alpha value is 0.0500. The highest BCUT2D eigenvalue weighted by atomic mass is 79.9. The summed E-state index contributed by atoms with van der Waals surface area (Å²) >= 11 is 4.83. The molecule has 108 valence electrons. The van der Waals surface area contributed by atoms with Crippen LogP contribution < -0.4 is 10.0 Å². The second-order valence-corrected chi connectivity index (χ2v) is 9.01. The SMILES string of the molecule is CCCNCc1cc(S(=O)(=O)NCC2CC2)c(Br)s1. The van der Waals surface area contributed by atoms with E-state index in [0.29, 0.717) is 21.1 Å². The summed E-state index contributed by atoms with van der Waals surface area (Å²) in [6.45, 7) is 4.33. The summed E-state index contributed by atoms with van der Waals surface area (Å²) in [6, 6.07) is 1.76. The van der Waals surface area contributed by atoms with Gasteiger partial charge in [-0.2, -0.15) is 0 Å². The summed E-state index contributed by atoms with van der Waals surface area (Å²) in [4.78, 5) is 1.40. The molecule has 2 N–H and O–H groups in total. The van der Waals surface area contributed by atoms with Crippen LogP contribution in [-0.4, -0.2) is 21.5 Å². The highest BCUT2D eigenvalue weighted by Crippen LogP contribution is 2.33. The van der Waals surface area contributed by atoms with Gasteiger partial charge in [0.1, 0.15) is 4.90 Å². The van der Waals surface area contributed by atoms with Crippen molar-refractivity contribution in [2.24, 2.45) is 5.92 Å². The third-order valence-corrected chi connectivity index (χ3v) is 6.66. The average molecular weight is 367 g/mol. The van der Waals surface area contributed by atoms with Gasteiger partial charge in [-0.25, -0.2) is 13.1 Å². The molecule has 1 saturated carbocycles. The summed E-state index contributed by atoms with van der Waals surface area (Å²) in [5, 5.41) is 3.28. The molecule has 0 bridgehead atoms. The van der Waals surface area contributed by atoms with E-state index in [0.717, 1.165) is 37.2 Å². The van der Waals surface area contributed by atoms with E-state index in [4.69, 9.17) is 0 Å². The van der Waals surface area contributed by atoms with Crippen molar-refractivity contribution in [3.05, 3.63) is 14.7 Å². The summed E-state index contributed by atoms with van der Waals surface area (Å²) in [5.74, 6) is 0.540. The predicted octanol–water partition coefficient (Wildman–Crippen LogP) is 2.70. The molecule has 1 aromatic rings. The second-order valence-electron chi connectivity index (χ2n) is 4.82. The summed E-state index contributed by atoms with van der Waals surface area (Å²) in [6.07, 6.45) is 3.35. The highest BCUT2D eigenvalue weighted by Gasteiger charge is 2.26. The zero-order valence-electron chi connectivity index (χ0n) is 10.9. The van der Waals surface area contributed by atoms with E-state index in [-0.39, 0.29) is 0 Å². The summed E-state index contributed by atoms with van der Waals surface area (Å²) in [5.41, 5.74) is 0. The maximum atomic E-state index is 12.2. The van der Waals surface area contributed by atoms with Gasteiger partial charge in [0.2, 0.25) is 10.0 Å². The first kappa shape index (κ1) is 15.4. The van der Waals surface area contributed by atoms with Gasteiger partial charge in [-0.05, 0) is 53.7 Å². The first-order valence-corrected chi connectivity index (χ1v) is 9.60. The van der Waals surface area contributed by atoms with Crippen LogP contribution in [0.1, 0.15) is 31.1 Å². The van der Waals surface area contributed by atoms with E-state index < -0.39 is 10.0 Å². The highest BCUT2D eigenvalue weighted by molar-refractivity contribution is 9.11. The lowest BCUT2D eigenvalue weighted by molar-refractivity contribution is 0.577. The van der Waals surface area contributed by atoms with E-state index in [1.807, 2.05) is 0 Å². The van der Waals surface area contributed by atoms with Gasteiger partial charge in [-0.1, -0.05) is 6.92 Å². The van der Waals surface area contributed by atoms with E-state index in [1.165, 1.54) is 11.3 Å². The molecule has 1 aliphatic carbocycles. The van der Waals surface area contributed by atoms with Gasteiger partial charge in [0.25, 0.3) is 0 Å². The minimum absolute atomic E-state index is 0.367. The zero-order chi connectivity index (χ0) is 13.9. The van der Waals surface area contributed by atoms with Gasteiger partial charge < -0.3 is 5.32 Å². The molecule has 0 atom stereocenters. The number of hydrogen-bond donors (Lipinski definition) is 2. The summed E-state index contributed by atoms with van der Waals surface area (Å²) in [7, 11) is -3.37. The first-order chi connectivity index (χ1) is 9.03. The maximum Gasteiger partial charge on any atom is 0.242 e. The lowest BCUT2D eigenvalue weighted by Crippen LogP contribution is -2.25. The van der Waals surface area contributed by atoms with Crippen molar-refractivity contribution in [2.75, 3.05) is 13.1 Å². The zero-order valence-corrected chi connectivity index (χ0v) is 14.1. The number of hydrogen-bond acceptors (Lipinski definition) is 4. The van der Waals surface area contributed by atoms with E-state index in [2.05, 4.69) is 32.9 Å². The number of thiophene rings is 1. The molecular formula is C12H19BrN2O2S2. The van der Waals surface area contributed by atoms with E-state index >= 15 is 0 Å². The lowest BCUT2D eigenvalue weighted by Gasteiger charge is -2.04. The number of rotatable bonds is 8. The molecule has 0 aliphatic heterocycles. The molecule has 0 unspecified atom stereocenters. The van der Waals surface area contributed by atoms with Crippen LogP contribution in [0.15, 0.2) is 14.7 Å². The van der Waals surface area contributed by atoms with Gasteiger partial charge in [0, 0.05) is 18.0 Å². The Morgan fingerprint density at radius 1 is 1.47 bits per heavy atom. The number of sulfonamides is 1. The first-order valence-electron chi connectivity index (χ1n) is 6.51. The smallest absolute Gasteiger partial charge is 0.242 e. The van der Waals surface area contributed by atoms with Gasteiger partial charge in [0.15, 0.2) is 0 Å². The van der Waals surface area contributed by atoms with Crippen LogP contribution in [0.3, 0.4) is 0 Å². The molecule has 1 aromatic heterocycles. The Balaban J connectivity index is 2.01. The van der Waals surface area contributed by atoms with E-state index in [9.17, 15) is 8.42 Å². The molecule has 1 aliphatic rings. The quantitative estimate of drug-likeness (QED) is 0.695. The lowest BCUT2D eigenvalue weighted by atomic mass is 10.4. The monoisotopic (exact) mass is 366 g/mol. The molecular weight excluding hydrogens is 348 g/mol. The van der Waals surface area contributed by atoms with Gasteiger partial charge in [-0.15, -0.1) is 11.3 Å². The molecule has 0 radical (unpaired) electrons. The molecule has 0 amide bonds. The van der Waals surface area contributed by atoms with Crippen LogP contribution in [-0.2, 0) is 16.6 Å². The van der Waals surface area contributed by atoms with Crippen molar-refractivity contribution in [1.29, 1.82) is 0 Å². The molecule has 0 spiro atoms. The van der Waals surface area contributed by atoms with Crippen LogP contribution in [0.2, 0.25) is 0 Å². The average Bonchev–Trinajstić information content (AvgIpc) is 3.10. The van der Waals surface area contributed by atoms with Gasteiger partial charge >= 0.3 is 0 Å². The van der Waals surface area contributed by atoms with Gasteiger partial charge in [0.05, 0.1) is 3.79 Å². The third kappa shape index (κ3) is 4.53. The number of halogens is 1. The Bertz CT molecular complexity index is 524. The van der Waals surface area contributed by atoms with Gasteiger partial charge in [-0.3, -0.25) is 0 Å². The van der Waals surface area contributed by atoms with Crippen LogP contribution in [0.5, 0.6) is 0 Å². The molecule has 0 saturated heterocycles. The fraction of sp³-hybridized carbons (Fsp3) is 0.667. The van der Waals surface area contributed by atoms with Crippen LogP contribution in [0, 0.1) is 5.92 Å². The Morgan fingerprint density at radius 2 is 2.21 bits per heavy atom. The Kier molecular flexibility index (Phi) is 5.42. The molecule has 1 heterocycles. The Morgan fingerprint density at radius 3 is 2.84 bits per heavy atom. The fourth-order valence-electron chi connectivity index (χ4n) is 1.68. The molecule has 4 nitrogen and oxygen atoms in total. The van der Waals surface area contributed by atoms with Crippen molar-refractivity contribution in [2.45, 2.75) is 37.6 Å². The largest absolute Gasteiger partial charge is 0.312 e. The molecule has 19 heavy (non-hydrogen) atoms. The molecule has 7 heteroatoms. The maximum absolute atomic E-state index is 12.2. The topological polar surface area (TPSA) is 58.2 Å². The van der Waals surface area contributed by atoms with Crippen LogP contribution in [0.25, 0.3) is 0 Å². The van der Waals surface area contributed by atoms with Crippen LogP contribution in [0.4, 0.5) is 0 Å². The fourth-order valence-corrected chi connectivity index (χ4v) is 5.45. The number of nitrogens with one attached hydrogen (secondary N) is 2. The van der Waals surface area contributed by atoms with Crippen molar-refractivity contribution >= 4 is 37.3 Å². The van der Waals surface area contributed by atoms with E-state index in [1.54, 1.807) is 6.07 Å². The Labute approximate surface area is 127 Å². The van der Waals surface area contributed by atoms with Crippen molar-refractivity contribution in [1.82, 2.24) is 10.0 Å². The minimum atomic E-state index is -3.37. The normalized spacial score (nSPS) is 15.9. The van der Waals surface area contributed by atoms with Crippen LogP contribution >= 0.6 is 27.3 Å². The molecule has 2 rings (SSSR count). The molecule has 0 aromatic carbocycles. The molecule has 1 fully saturated rings. The minimum Gasteiger partial charge on any atom is -0.312 e. The standard InChI is InChI=1S/C12H19BrN2O2S2/c1-2-5-14-8-10-6-11(12(13)18-10)19(16,17)15-7-9-3-4-9/h6,9,14-15H,2-5,7-8H2,1H3. The van der Waals surface area contributed by atoms with Crippen molar-refractivity contribution in [3.63, 3.8) is 0 Å². The van der Waals surface area contributed by atoms with Crippen molar-refractivity contribution in [3.8, 4) is 0 Å².